The van der Waals surface area contributed by atoms with E-state index in [-0.39, 0.29) is 0 Å². The van der Waals surface area contributed by atoms with Crippen LogP contribution in [0.4, 0.5) is 0 Å². The minimum atomic E-state index is 0.353. The van der Waals surface area contributed by atoms with E-state index in [4.69, 9.17) is 4.74 Å². The summed E-state index contributed by atoms with van der Waals surface area (Å²) in [4.78, 5) is 0. The molecule has 21 heavy (non-hydrogen) atoms. The molecule has 1 N–H and O–H groups in total. The Morgan fingerprint density at radius 2 is 2.00 bits per heavy atom. The lowest BCUT2D eigenvalue weighted by Crippen LogP contribution is -2.37. The quantitative estimate of drug-likeness (QED) is 0.828. The summed E-state index contributed by atoms with van der Waals surface area (Å²) >= 11 is 0. The maximum Gasteiger partial charge on any atom is 0.0769 e. The molecule has 1 heterocycles. The number of benzene rings is 1. The zero-order chi connectivity index (χ0) is 14.5. The van der Waals surface area contributed by atoms with E-state index in [0.717, 1.165) is 19.1 Å². The Morgan fingerprint density at radius 3 is 2.67 bits per heavy atom. The van der Waals surface area contributed by atoms with Gasteiger partial charge in [-0.25, -0.2) is 0 Å². The van der Waals surface area contributed by atoms with Crippen molar-refractivity contribution in [2.75, 3.05) is 13.2 Å². The maximum absolute atomic E-state index is 6.12. The van der Waals surface area contributed by atoms with Crippen molar-refractivity contribution < 1.29 is 4.74 Å². The summed E-state index contributed by atoms with van der Waals surface area (Å²) in [7, 11) is 0. The molecule has 1 saturated heterocycles. The van der Waals surface area contributed by atoms with Gasteiger partial charge >= 0.3 is 0 Å². The van der Waals surface area contributed by atoms with Crippen molar-refractivity contribution in [1.82, 2.24) is 5.32 Å². The summed E-state index contributed by atoms with van der Waals surface area (Å²) in [6.45, 7) is 4.24. The number of nitrogens with one attached hydrogen (secondary N) is 1. The van der Waals surface area contributed by atoms with E-state index >= 15 is 0 Å². The van der Waals surface area contributed by atoms with Gasteiger partial charge in [-0.3, -0.25) is 0 Å². The highest BCUT2D eigenvalue weighted by Gasteiger charge is 2.30. The lowest BCUT2D eigenvalue weighted by atomic mass is 9.76. The first kappa shape index (κ1) is 15.1. The summed E-state index contributed by atoms with van der Waals surface area (Å²) in [5.41, 5.74) is 3.08. The highest BCUT2D eigenvalue weighted by Crippen LogP contribution is 2.40. The molecule has 1 aromatic rings. The fourth-order valence-corrected chi connectivity index (χ4v) is 3.66. The van der Waals surface area contributed by atoms with Gasteiger partial charge in [0, 0.05) is 6.61 Å². The summed E-state index contributed by atoms with van der Waals surface area (Å²) in [5, 5.41) is 3.77. The Kier molecular flexibility index (Phi) is 5.32. The molecule has 0 aromatic heterocycles. The van der Waals surface area contributed by atoms with E-state index in [1.807, 2.05) is 0 Å². The fraction of sp³-hybridized carbons (Fsp3) is 0.684. The molecule has 2 fully saturated rings. The molecule has 3 rings (SSSR count). The van der Waals surface area contributed by atoms with Gasteiger partial charge in [-0.15, -0.1) is 0 Å². The van der Waals surface area contributed by atoms with Crippen LogP contribution >= 0.6 is 0 Å². The standard InChI is InChI=1S/C19H29NO/c1-2-13-20-19(18-12-5-6-14-21-18)17-11-4-3-10-16(17)15-8-7-9-15/h3-4,10-11,15,18-20H,2,5-9,12-14H2,1H3. The van der Waals surface area contributed by atoms with Crippen LogP contribution in [0.3, 0.4) is 0 Å². The Balaban J connectivity index is 1.84. The van der Waals surface area contributed by atoms with Crippen molar-refractivity contribution in [3.05, 3.63) is 35.4 Å². The molecule has 0 radical (unpaired) electrons. The van der Waals surface area contributed by atoms with Crippen molar-refractivity contribution in [1.29, 1.82) is 0 Å². The van der Waals surface area contributed by atoms with E-state index in [0.29, 0.717) is 12.1 Å². The molecule has 116 valence electrons. The zero-order valence-corrected chi connectivity index (χ0v) is 13.3. The van der Waals surface area contributed by atoms with Crippen LogP contribution < -0.4 is 5.32 Å². The topological polar surface area (TPSA) is 21.3 Å². The van der Waals surface area contributed by atoms with Crippen LogP contribution in [-0.2, 0) is 4.74 Å². The van der Waals surface area contributed by atoms with Gasteiger partial charge in [0.15, 0.2) is 0 Å². The van der Waals surface area contributed by atoms with E-state index in [9.17, 15) is 0 Å². The van der Waals surface area contributed by atoms with Gasteiger partial charge in [0.1, 0.15) is 0 Å². The van der Waals surface area contributed by atoms with Gasteiger partial charge in [-0.05, 0) is 62.1 Å². The molecular formula is C19H29NO. The smallest absolute Gasteiger partial charge is 0.0769 e. The third kappa shape index (κ3) is 3.49. The zero-order valence-electron chi connectivity index (χ0n) is 13.3. The van der Waals surface area contributed by atoms with Gasteiger partial charge in [0.25, 0.3) is 0 Å². The van der Waals surface area contributed by atoms with Gasteiger partial charge in [-0.2, -0.15) is 0 Å². The second kappa shape index (κ2) is 7.42. The van der Waals surface area contributed by atoms with Crippen molar-refractivity contribution in [2.24, 2.45) is 0 Å². The molecule has 2 nitrogen and oxygen atoms in total. The molecular weight excluding hydrogens is 258 g/mol. The van der Waals surface area contributed by atoms with Crippen molar-refractivity contribution in [3.8, 4) is 0 Å². The molecule has 1 saturated carbocycles. The van der Waals surface area contributed by atoms with Crippen LogP contribution in [0.5, 0.6) is 0 Å². The van der Waals surface area contributed by atoms with Gasteiger partial charge in [-0.1, -0.05) is 37.6 Å². The molecule has 0 spiro atoms. The van der Waals surface area contributed by atoms with Gasteiger partial charge in [0.05, 0.1) is 12.1 Å². The number of hydrogen-bond acceptors (Lipinski definition) is 2. The van der Waals surface area contributed by atoms with Crippen LogP contribution in [0, 0.1) is 0 Å². The molecule has 1 aliphatic heterocycles. The summed E-state index contributed by atoms with van der Waals surface area (Å²) in [6, 6.07) is 9.46. The minimum Gasteiger partial charge on any atom is -0.376 e. The average Bonchev–Trinajstić information content (AvgIpc) is 2.48. The first-order valence-corrected chi connectivity index (χ1v) is 8.84. The average molecular weight is 287 g/mol. The third-order valence-corrected chi connectivity index (χ3v) is 5.08. The Hall–Kier alpha value is -0.860. The molecule has 2 aliphatic rings. The van der Waals surface area contributed by atoms with Crippen LogP contribution in [0.15, 0.2) is 24.3 Å². The maximum atomic E-state index is 6.12. The van der Waals surface area contributed by atoms with Crippen LogP contribution in [-0.4, -0.2) is 19.3 Å². The highest BCUT2D eigenvalue weighted by atomic mass is 16.5. The molecule has 2 heteroatoms. The van der Waals surface area contributed by atoms with Gasteiger partial charge < -0.3 is 10.1 Å². The second-order valence-electron chi connectivity index (χ2n) is 6.59. The van der Waals surface area contributed by atoms with Crippen LogP contribution in [0.2, 0.25) is 0 Å². The molecule has 2 unspecified atom stereocenters. The SMILES string of the molecule is CCCNC(c1ccccc1C1CCC1)C1CCCCO1. The Labute approximate surface area is 129 Å². The van der Waals surface area contributed by atoms with Crippen LogP contribution in [0.1, 0.15) is 75.0 Å². The largest absolute Gasteiger partial charge is 0.376 e. The highest BCUT2D eigenvalue weighted by molar-refractivity contribution is 5.35. The molecule has 2 atom stereocenters. The Bertz CT molecular complexity index is 435. The van der Waals surface area contributed by atoms with E-state index in [2.05, 4.69) is 36.5 Å². The minimum absolute atomic E-state index is 0.353. The Morgan fingerprint density at radius 1 is 1.14 bits per heavy atom. The predicted molar refractivity (Wildman–Crippen MR) is 87.7 cm³/mol. The molecule has 1 aromatic carbocycles. The number of hydrogen-bond donors (Lipinski definition) is 1. The first-order chi connectivity index (χ1) is 10.4. The molecule has 0 bridgehead atoms. The fourth-order valence-electron chi connectivity index (χ4n) is 3.66. The monoisotopic (exact) mass is 287 g/mol. The van der Waals surface area contributed by atoms with Gasteiger partial charge in [0.2, 0.25) is 0 Å². The van der Waals surface area contributed by atoms with E-state index in [1.54, 1.807) is 5.56 Å². The van der Waals surface area contributed by atoms with E-state index < -0.39 is 0 Å². The summed E-state index contributed by atoms with van der Waals surface area (Å²) < 4.78 is 6.12. The first-order valence-electron chi connectivity index (χ1n) is 8.84. The second-order valence-corrected chi connectivity index (χ2v) is 6.59. The normalized spacial score (nSPS) is 24.5. The predicted octanol–water partition coefficient (Wildman–Crippen LogP) is 4.56. The lowest BCUT2D eigenvalue weighted by Gasteiger charge is -2.35. The van der Waals surface area contributed by atoms with Crippen molar-refractivity contribution >= 4 is 0 Å². The summed E-state index contributed by atoms with van der Waals surface area (Å²) in [5.74, 6) is 0.788. The van der Waals surface area contributed by atoms with E-state index in [1.165, 1.54) is 50.5 Å². The number of ether oxygens (including phenoxy) is 1. The van der Waals surface area contributed by atoms with Crippen molar-refractivity contribution in [2.45, 2.75) is 69.9 Å². The molecule has 1 aliphatic carbocycles. The van der Waals surface area contributed by atoms with Crippen LogP contribution in [0.25, 0.3) is 0 Å². The lowest BCUT2D eigenvalue weighted by molar-refractivity contribution is -0.00846. The van der Waals surface area contributed by atoms with Crippen molar-refractivity contribution in [3.63, 3.8) is 0 Å². The third-order valence-electron chi connectivity index (χ3n) is 5.08. The number of rotatable bonds is 6. The molecule has 0 amide bonds. The summed E-state index contributed by atoms with van der Waals surface area (Å²) in [6.07, 6.45) is 9.38.